The minimum absolute atomic E-state index is 0.193. The average Bonchev–Trinajstić information content (AvgIpc) is 3.49. The summed E-state index contributed by atoms with van der Waals surface area (Å²) in [6.45, 7) is 1.69. The predicted molar refractivity (Wildman–Crippen MR) is 130 cm³/mol. The molecule has 10 heteroatoms. The lowest BCUT2D eigenvalue weighted by Gasteiger charge is -2.30. The number of carbonyl (C=O) groups excluding carboxylic acids is 1. The summed E-state index contributed by atoms with van der Waals surface area (Å²) in [4.78, 5) is 16.9. The van der Waals surface area contributed by atoms with Gasteiger partial charge >= 0.3 is 0 Å². The lowest BCUT2D eigenvalue weighted by Crippen LogP contribution is -2.39. The minimum Gasteiger partial charge on any atom is -0.357 e. The van der Waals surface area contributed by atoms with Crippen molar-refractivity contribution in [1.29, 1.82) is 0 Å². The van der Waals surface area contributed by atoms with Crippen LogP contribution in [0.4, 0.5) is 10.8 Å². The number of hydrazine groups is 1. The second kappa shape index (κ2) is 9.92. The smallest absolute Gasteiger partial charge is 0.257 e. The predicted octanol–water partition coefficient (Wildman–Crippen LogP) is 2.63. The molecule has 3 atom stereocenters. The van der Waals surface area contributed by atoms with Gasteiger partial charge in [-0.25, -0.2) is 0 Å². The number of benzene rings is 1. The summed E-state index contributed by atoms with van der Waals surface area (Å²) in [6, 6.07) is 12.3. The fourth-order valence-electron chi connectivity index (χ4n) is 4.48. The minimum atomic E-state index is -0.193. The van der Waals surface area contributed by atoms with Gasteiger partial charge in [0.15, 0.2) is 0 Å². The Kier molecular flexibility index (Phi) is 6.58. The molecule has 5 rings (SSSR count). The van der Waals surface area contributed by atoms with E-state index < -0.39 is 0 Å². The summed E-state index contributed by atoms with van der Waals surface area (Å²) >= 11 is 1.54. The average molecular weight is 465 g/mol. The standard InChI is InChI=1S/C23H28N8OS/c1-24-13-19-6-5-15(11-25-19)21(32)27-17-4-2-3-14(9-17)22-30-31-23(33-22)28-18-7-8-20-16(10-18)12-26-29-20/h2-6,9,11,16,18,20,24,26,29H,7-8,10,12-13H2,1H3,(H,27,32)(H,28,31). The van der Waals surface area contributed by atoms with E-state index in [1.807, 2.05) is 37.4 Å². The van der Waals surface area contributed by atoms with Crippen LogP contribution in [0.15, 0.2) is 42.6 Å². The third-order valence-corrected chi connectivity index (χ3v) is 7.10. The van der Waals surface area contributed by atoms with E-state index in [0.717, 1.165) is 47.2 Å². The second-order valence-electron chi connectivity index (χ2n) is 8.56. The number of anilines is 2. The van der Waals surface area contributed by atoms with Gasteiger partial charge in [0.05, 0.1) is 11.3 Å². The summed E-state index contributed by atoms with van der Waals surface area (Å²) in [5.41, 5.74) is 9.68. The number of aromatic nitrogens is 3. The van der Waals surface area contributed by atoms with Gasteiger partial charge in [-0.2, -0.15) is 0 Å². The number of carbonyl (C=O) groups is 1. The van der Waals surface area contributed by atoms with E-state index in [2.05, 4.69) is 42.0 Å². The molecule has 0 bridgehead atoms. The van der Waals surface area contributed by atoms with Gasteiger partial charge in [0.25, 0.3) is 5.91 Å². The molecular weight excluding hydrogens is 436 g/mol. The summed E-state index contributed by atoms with van der Waals surface area (Å²) in [6.07, 6.45) is 5.01. The van der Waals surface area contributed by atoms with Crippen molar-refractivity contribution in [2.24, 2.45) is 5.92 Å². The maximum absolute atomic E-state index is 12.6. The topological polar surface area (TPSA) is 116 Å². The number of pyridine rings is 1. The number of amides is 1. The number of rotatable bonds is 7. The number of nitrogens with one attached hydrogen (secondary N) is 5. The van der Waals surface area contributed by atoms with Crippen LogP contribution >= 0.6 is 11.3 Å². The molecule has 2 fully saturated rings. The molecule has 1 saturated heterocycles. The molecule has 172 valence electrons. The maximum Gasteiger partial charge on any atom is 0.257 e. The van der Waals surface area contributed by atoms with Crippen molar-refractivity contribution in [3.8, 4) is 10.6 Å². The third kappa shape index (κ3) is 5.19. The largest absolute Gasteiger partial charge is 0.357 e. The van der Waals surface area contributed by atoms with Crippen molar-refractivity contribution < 1.29 is 4.79 Å². The molecule has 1 aromatic carbocycles. The van der Waals surface area contributed by atoms with Crippen LogP contribution in [0, 0.1) is 5.92 Å². The Labute approximate surface area is 196 Å². The van der Waals surface area contributed by atoms with E-state index in [9.17, 15) is 4.79 Å². The molecule has 0 radical (unpaired) electrons. The first-order valence-electron chi connectivity index (χ1n) is 11.3. The molecule has 2 aromatic heterocycles. The zero-order valence-corrected chi connectivity index (χ0v) is 19.3. The highest BCUT2D eigenvalue weighted by atomic mass is 32.1. The van der Waals surface area contributed by atoms with Crippen LogP contribution in [0.3, 0.4) is 0 Å². The van der Waals surface area contributed by atoms with Gasteiger partial charge in [-0.1, -0.05) is 23.5 Å². The van der Waals surface area contributed by atoms with Crippen molar-refractivity contribution in [3.63, 3.8) is 0 Å². The molecule has 1 saturated carbocycles. The van der Waals surface area contributed by atoms with Gasteiger partial charge in [0.2, 0.25) is 5.13 Å². The van der Waals surface area contributed by atoms with E-state index in [0.29, 0.717) is 35.8 Å². The summed E-state index contributed by atoms with van der Waals surface area (Å²) < 4.78 is 0. The van der Waals surface area contributed by atoms with Crippen LogP contribution in [0.1, 0.15) is 35.3 Å². The number of hydrogen-bond donors (Lipinski definition) is 5. The van der Waals surface area contributed by atoms with Gasteiger partial charge < -0.3 is 16.0 Å². The van der Waals surface area contributed by atoms with Gasteiger partial charge in [0, 0.05) is 42.6 Å². The molecule has 2 aliphatic rings. The summed E-state index contributed by atoms with van der Waals surface area (Å²) in [7, 11) is 1.86. The number of hydrogen-bond acceptors (Lipinski definition) is 9. The van der Waals surface area contributed by atoms with E-state index in [-0.39, 0.29) is 5.91 Å². The summed E-state index contributed by atoms with van der Waals surface area (Å²) in [5.74, 6) is 0.473. The normalized spacial score (nSPS) is 22.0. The van der Waals surface area contributed by atoms with Crippen LogP contribution in [0.5, 0.6) is 0 Å². The Morgan fingerprint density at radius 3 is 3.00 bits per heavy atom. The molecule has 33 heavy (non-hydrogen) atoms. The molecule has 1 amide bonds. The molecule has 9 nitrogen and oxygen atoms in total. The van der Waals surface area contributed by atoms with Gasteiger partial charge in [-0.05, 0) is 56.5 Å². The maximum atomic E-state index is 12.6. The molecule has 3 aromatic rings. The van der Waals surface area contributed by atoms with Crippen LogP contribution in [-0.4, -0.2) is 46.8 Å². The monoisotopic (exact) mass is 464 g/mol. The fraction of sp³-hybridized carbons (Fsp3) is 0.391. The van der Waals surface area contributed by atoms with Crippen molar-refractivity contribution >= 4 is 28.1 Å². The van der Waals surface area contributed by atoms with Crippen molar-refractivity contribution in [3.05, 3.63) is 53.9 Å². The quantitative estimate of drug-likeness (QED) is 0.362. The van der Waals surface area contributed by atoms with Crippen molar-refractivity contribution in [2.75, 3.05) is 24.2 Å². The summed E-state index contributed by atoms with van der Waals surface area (Å²) in [5, 5.41) is 20.0. The first-order chi connectivity index (χ1) is 16.2. The van der Waals surface area contributed by atoms with Crippen LogP contribution in [0.25, 0.3) is 10.6 Å². The zero-order chi connectivity index (χ0) is 22.6. The van der Waals surface area contributed by atoms with E-state index in [1.165, 1.54) is 0 Å². The first kappa shape index (κ1) is 21.9. The number of nitrogens with zero attached hydrogens (tertiary/aromatic N) is 3. The molecule has 3 heterocycles. The molecule has 0 spiro atoms. The SMILES string of the molecule is CNCc1ccc(C(=O)Nc2cccc(-c3nnc(NC4CCC5NNCC5C4)s3)c2)cn1. The van der Waals surface area contributed by atoms with Crippen LogP contribution in [-0.2, 0) is 6.54 Å². The highest BCUT2D eigenvalue weighted by Gasteiger charge is 2.34. The van der Waals surface area contributed by atoms with Gasteiger partial charge in [-0.15, -0.1) is 10.2 Å². The van der Waals surface area contributed by atoms with E-state index in [4.69, 9.17) is 0 Å². The fourth-order valence-corrected chi connectivity index (χ4v) is 5.30. The molecule has 3 unspecified atom stereocenters. The number of fused-ring (bicyclic) bond motifs is 1. The lowest BCUT2D eigenvalue weighted by molar-refractivity contribution is 0.102. The second-order valence-corrected chi connectivity index (χ2v) is 9.54. The molecule has 5 N–H and O–H groups in total. The molecule has 1 aliphatic carbocycles. The first-order valence-corrected chi connectivity index (χ1v) is 12.1. The highest BCUT2D eigenvalue weighted by Crippen LogP contribution is 2.32. The van der Waals surface area contributed by atoms with Gasteiger partial charge in [0.1, 0.15) is 5.01 Å². The molecule has 1 aliphatic heterocycles. The Hall–Kier alpha value is -2.92. The highest BCUT2D eigenvalue weighted by molar-refractivity contribution is 7.18. The third-order valence-electron chi connectivity index (χ3n) is 6.20. The van der Waals surface area contributed by atoms with Crippen molar-refractivity contribution in [2.45, 2.75) is 37.9 Å². The Morgan fingerprint density at radius 1 is 1.21 bits per heavy atom. The van der Waals surface area contributed by atoms with Gasteiger partial charge in [-0.3, -0.25) is 20.6 Å². The van der Waals surface area contributed by atoms with Crippen LogP contribution < -0.4 is 26.8 Å². The Morgan fingerprint density at radius 2 is 2.15 bits per heavy atom. The Bertz CT molecular complexity index is 1100. The van der Waals surface area contributed by atoms with E-state index in [1.54, 1.807) is 23.6 Å². The van der Waals surface area contributed by atoms with E-state index >= 15 is 0 Å². The van der Waals surface area contributed by atoms with Crippen LogP contribution in [0.2, 0.25) is 0 Å². The molecular formula is C23H28N8OS. The Balaban J connectivity index is 1.22. The van der Waals surface area contributed by atoms with Crippen molar-refractivity contribution in [1.82, 2.24) is 31.3 Å². The zero-order valence-electron chi connectivity index (χ0n) is 18.5. The lowest BCUT2D eigenvalue weighted by atomic mass is 9.83.